The van der Waals surface area contributed by atoms with Crippen molar-refractivity contribution in [3.05, 3.63) is 34.3 Å². The Kier molecular flexibility index (Phi) is 6.20. The van der Waals surface area contributed by atoms with Gasteiger partial charge >= 0.3 is 0 Å². The van der Waals surface area contributed by atoms with E-state index in [0.29, 0.717) is 29.8 Å². The van der Waals surface area contributed by atoms with Gasteiger partial charge in [-0.05, 0) is 44.4 Å². The zero-order valence-corrected chi connectivity index (χ0v) is 14.6. The molecule has 1 heterocycles. The molecule has 0 saturated carbocycles. The highest BCUT2D eigenvalue weighted by atomic mass is 35.5. The molecule has 2 rings (SSSR count). The predicted molar refractivity (Wildman–Crippen MR) is 91.9 cm³/mol. The van der Waals surface area contributed by atoms with Crippen LogP contribution in [0, 0.1) is 6.92 Å². The maximum atomic E-state index is 12.1. The lowest BCUT2D eigenvalue weighted by Gasteiger charge is -2.24. The molecular weight excluding hydrogens is 330 g/mol. The quantitative estimate of drug-likeness (QED) is 0.752. The van der Waals surface area contributed by atoms with Crippen LogP contribution >= 0.6 is 11.6 Å². The van der Waals surface area contributed by atoms with Crippen LogP contribution in [0.3, 0.4) is 0 Å². The summed E-state index contributed by atoms with van der Waals surface area (Å²) in [4.78, 5) is 35.6. The van der Waals surface area contributed by atoms with Crippen molar-refractivity contribution in [3.8, 4) is 0 Å². The van der Waals surface area contributed by atoms with Gasteiger partial charge in [0.2, 0.25) is 11.8 Å². The third kappa shape index (κ3) is 4.96. The molecule has 7 heteroatoms. The zero-order valence-electron chi connectivity index (χ0n) is 13.8. The summed E-state index contributed by atoms with van der Waals surface area (Å²) in [5.74, 6) is -0.610. The van der Waals surface area contributed by atoms with E-state index in [2.05, 4.69) is 16.0 Å². The maximum absolute atomic E-state index is 12.1. The van der Waals surface area contributed by atoms with Crippen LogP contribution in [0.2, 0.25) is 5.02 Å². The van der Waals surface area contributed by atoms with Crippen molar-refractivity contribution in [3.63, 3.8) is 0 Å². The molecule has 6 nitrogen and oxygen atoms in total. The Hall–Kier alpha value is -2.08. The Balaban J connectivity index is 1.82. The highest BCUT2D eigenvalue weighted by Gasteiger charge is 2.25. The Labute approximate surface area is 146 Å². The first-order chi connectivity index (χ1) is 11.4. The monoisotopic (exact) mass is 351 g/mol. The third-order valence-corrected chi connectivity index (χ3v) is 4.19. The molecule has 0 spiro atoms. The van der Waals surface area contributed by atoms with Crippen LogP contribution in [0.5, 0.6) is 0 Å². The maximum Gasteiger partial charge on any atom is 0.252 e. The second-order valence-corrected chi connectivity index (χ2v) is 6.52. The fourth-order valence-corrected chi connectivity index (χ4v) is 2.86. The van der Waals surface area contributed by atoms with E-state index in [9.17, 15) is 14.4 Å². The fraction of sp³-hybridized carbons (Fsp3) is 0.471. The molecule has 1 fully saturated rings. The number of piperidine rings is 1. The predicted octanol–water partition coefficient (Wildman–Crippen LogP) is 1.55. The van der Waals surface area contributed by atoms with Crippen LogP contribution in [-0.4, -0.2) is 36.3 Å². The number of carbonyl (C=O) groups is 3. The molecule has 1 aromatic carbocycles. The van der Waals surface area contributed by atoms with Crippen molar-refractivity contribution in [1.82, 2.24) is 16.0 Å². The molecule has 3 amide bonds. The van der Waals surface area contributed by atoms with E-state index < -0.39 is 6.04 Å². The summed E-state index contributed by atoms with van der Waals surface area (Å²) >= 11 is 6.07. The van der Waals surface area contributed by atoms with Gasteiger partial charge in [0, 0.05) is 19.0 Å². The van der Waals surface area contributed by atoms with Crippen LogP contribution in [0.4, 0.5) is 0 Å². The number of nitrogens with one attached hydrogen (secondary N) is 3. The van der Waals surface area contributed by atoms with Crippen molar-refractivity contribution < 1.29 is 14.4 Å². The number of hydrogen-bond donors (Lipinski definition) is 3. The van der Waals surface area contributed by atoms with E-state index in [4.69, 9.17) is 11.6 Å². The first-order valence-corrected chi connectivity index (χ1v) is 8.38. The normalized spacial score (nSPS) is 18.5. The van der Waals surface area contributed by atoms with Gasteiger partial charge in [0.25, 0.3) is 5.91 Å². The molecule has 2 atom stereocenters. The lowest BCUT2D eigenvalue weighted by molar-refractivity contribution is -0.131. The summed E-state index contributed by atoms with van der Waals surface area (Å²) in [7, 11) is 0. The van der Waals surface area contributed by atoms with Gasteiger partial charge in [-0.1, -0.05) is 17.7 Å². The molecule has 0 unspecified atom stereocenters. The van der Waals surface area contributed by atoms with Gasteiger partial charge in [-0.15, -0.1) is 0 Å². The van der Waals surface area contributed by atoms with Gasteiger partial charge < -0.3 is 16.0 Å². The summed E-state index contributed by atoms with van der Waals surface area (Å²) in [6.45, 7) is 3.96. The van der Waals surface area contributed by atoms with Crippen molar-refractivity contribution in [2.75, 3.05) is 6.54 Å². The molecular formula is C17H22ClN3O3. The second-order valence-electron chi connectivity index (χ2n) is 6.12. The van der Waals surface area contributed by atoms with E-state index in [1.165, 1.54) is 0 Å². The molecule has 0 aromatic heterocycles. The second kappa shape index (κ2) is 8.15. The van der Waals surface area contributed by atoms with Gasteiger partial charge in [-0.3, -0.25) is 14.4 Å². The molecule has 1 aliphatic rings. The lowest BCUT2D eigenvalue weighted by Crippen LogP contribution is -2.52. The van der Waals surface area contributed by atoms with E-state index in [1.807, 2.05) is 13.0 Å². The Morgan fingerprint density at radius 3 is 2.83 bits per heavy atom. The molecule has 0 aliphatic carbocycles. The first kappa shape index (κ1) is 18.3. The average Bonchev–Trinajstić information content (AvgIpc) is 2.52. The lowest BCUT2D eigenvalue weighted by atomic mass is 10.0. The Morgan fingerprint density at radius 2 is 2.17 bits per heavy atom. The largest absolute Gasteiger partial charge is 0.350 e. The van der Waals surface area contributed by atoms with E-state index in [0.717, 1.165) is 5.56 Å². The Bertz CT molecular complexity index is 648. The van der Waals surface area contributed by atoms with E-state index in [1.54, 1.807) is 19.1 Å². The van der Waals surface area contributed by atoms with Crippen LogP contribution in [-0.2, 0) is 9.59 Å². The van der Waals surface area contributed by atoms with Crippen LogP contribution in [0.1, 0.15) is 42.1 Å². The molecule has 3 N–H and O–H groups in total. The summed E-state index contributed by atoms with van der Waals surface area (Å²) in [5.41, 5.74) is 1.38. The van der Waals surface area contributed by atoms with Crippen LogP contribution < -0.4 is 16.0 Å². The molecule has 24 heavy (non-hydrogen) atoms. The smallest absolute Gasteiger partial charge is 0.252 e. The number of aryl methyl sites for hydroxylation is 1. The number of hydrogen-bond acceptors (Lipinski definition) is 3. The van der Waals surface area contributed by atoms with Crippen LogP contribution in [0.15, 0.2) is 18.2 Å². The number of rotatable bonds is 5. The topological polar surface area (TPSA) is 87.3 Å². The SMILES string of the molecule is Cc1ccc(C(=O)NC[C@H](C)NC(=O)[C@H]2CCCC(=O)N2)c(Cl)c1. The number of benzene rings is 1. The highest BCUT2D eigenvalue weighted by molar-refractivity contribution is 6.33. The minimum Gasteiger partial charge on any atom is -0.350 e. The van der Waals surface area contributed by atoms with Gasteiger partial charge in [0.05, 0.1) is 10.6 Å². The fourth-order valence-electron chi connectivity index (χ4n) is 2.54. The number of carbonyl (C=O) groups excluding carboxylic acids is 3. The molecule has 0 bridgehead atoms. The first-order valence-electron chi connectivity index (χ1n) is 8.01. The van der Waals surface area contributed by atoms with Crippen molar-refractivity contribution in [2.45, 2.75) is 45.2 Å². The Morgan fingerprint density at radius 1 is 1.42 bits per heavy atom. The molecule has 1 saturated heterocycles. The number of halogens is 1. The van der Waals surface area contributed by atoms with Crippen molar-refractivity contribution in [1.29, 1.82) is 0 Å². The van der Waals surface area contributed by atoms with Gasteiger partial charge in [-0.25, -0.2) is 0 Å². The van der Waals surface area contributed by atoms with E-state index >= 15 is 0 Å². The molecule has 1 aromatic rings. The number of amides is 3. The summed E-state index contributed by atoms with van der Waals surface area (Å²) in [5, 5.41) is 8.62. The minimum absolute atomic E-state index is 0.101. The summed E-state index contributed by atoms with van der Waals surface area (Å²) in [6, 6.07) is 4.47. The average molecular weight is 352 g/mol. The van der Waals surface area contributed by atoms with E-state index in [-0.39, 0.29) is 30.3 Å². The van der Waals surface area contributed by atoms with Gasteiger partial charge in [0.15, 0.2) is 0 Å². The standard InChI is InChI=1S/C17H22ClN3O3/c1-10-6-7-12(13(18)8-10)16(23)19-9-11(2)20-17(24)14-4-3-5-15(22)21-14/h6-8,11,14H,3-5,9H2,1-2H3,(H,19,23)(H,20,24)(H,21,22)/t11-,14+/m0/s1. The zero-order chi connectivity index (χ0) is 17.7. The molecule has 1 aliphatic heterocycles. The highest BCUT2D eigenvalue weighted by Crippen LogP contribution is 2.17. The van der Waals surface area contributed by atoms with Gasteiger partial charge in [0.1, 0.15) is 6.04 Å². The minimum atomic E-state index is -0.490. The summed E-state index contributed by atoms with van der Waals surface area (Å²) in [6.07, 6.45) is 1.81. The molecule has 130 valence electrons. The van der Waals surface area contributed by atoms with Crippen molar-refractivity contribution in [2.24, 2.45) is 0 Å². The summed E-state index contributed by atoms with van der Waals surface area (Å²) < 4.78 is 0. The van der Waals surface area contributed by atoms with Gasteiger partial charge in [-0.2, -0.15) is 0 Å². The van der Waals surface area contributed by atoms with Crippen molar-refractivity contribution >= 4 is 29.3 Å². The molecule has 0 radical (unpaired) electrons. The van der Waals surface area contributed by atoms with Crippen LogP contribution in [0.25, 0.3) is 0 Å². The third-order valence-electron chi connectivity index (χ3n) is 3.88.